The molecule has 25 heavy (non-hydrogen) atoms. The Bertz CT molecular complexity index is 906. The van der Waals surface area contributed by atoms with Crippen LogP contribution in [-0.4, -0.2) is 22.1 Å². The van der Waals surface area contributed by atoms with Crippen molar-refractivity contribution < 1.29 is 4.79 Å². The lowest BCUT2D eigenvalue weighted by Crippen LogP contribution is -2.40. The molecule has 1 aliphatic heterocycles. The fourth-order valence-corrected chi connectivity index (χ4v) is 4.08. The maximum atomic E-state index is 12.8. The number of aromatic amines is 1. The number of halogens is 1. The molecular formula is C18H17ClN4OS. The number of amides is 1. The predicted octanol–water partition coefficient (Wildman–Crippen LogP) is 4.40. The molecule has 5 nitrogen and oxygen atoms in total. The number of nitrogens with zero attached hydrogens (tertiary/aromatic N) is 1. The van der Waals surface area contributed by atoms with Gasteiger partial charge in [-0.05, 0) is 43.0 Å². The van der Waals surface area contributed by atoms with Crippen LogP contribution in [0.5, 0.6) is 0 Å². The van der Waals surface area contributed by atoms with Gasteiger partial charge in [0.1, 0.15) is 0 Å². The molecule has 7 heteroatoms. The molecule has 128 valence electrons. The molecular weight excluding hydrogens is 356 g/mol. The molecule has 0 radical (unpaired) electrons. The second-order valence-corrected chi connectivity index (χ2v) is 7.53. The molecule has 0 fully saturated rings. The third-order valence-electron chi connectivity index (χ3n) is 4.46. The van der Waals surface area contributed by atoms with Gasteiger partial charge in [0.25, 0.3) is 0 Å². The lowest BCUT2D eigenvalue weighted by molar-refractivity contribution is -0.120. The van der Waals surface area contributed by atoms with Gasteiger partial charge in [-0.3, -0.25) is 9.89 Å². The highest BCUT2D eigenvalue weighted by atomic mass is 35.5. The maximum Gasteiger partial charge on any atom is 0.229 e. The van der Waals surface area contributed by atoms with Gasteiger partial charge in [0.15, 0.2) is 5.82 Å². The molecule has 3 aromatic rings. The van der Waals surface area contributed by atoms with Crippen LogP contribution in [0, 0.1) is 5.92 Å². The Kier molecular flexibility index (Phi) is 4.23. The molecule has 1 aromatic carbocycles. The first-order valence-electron chi connectivity index (χ1n) is 8.06. The van der Waals surface area contributed by atoms with Crippen LogP contribution in [0.15, 0.2) is 41.8 Å². The highest BCUT2D eigenvalue weighted by molar-refractivity contribution is 7.13. The SMILES string of the molecule is CC1Nc2n[nH]c(-c3cccs3)c2CC1C(=O)Nc1cccc(Cl)c1. The standard InChI is InChI=1S/C18H17ClN4OS/c1-10-13(18(24)21-12-5-2-4-11(19)8-12)9-14-16(15-6-3-7-25-15)22-23-17(14)20-10/h2-8,10,13H,9H2,1H3,(H,21,24)(H2,20,22,23). The van der Waals surface area contributed by atoms with Crippen LogP contribution in [0.1, 0.15) is 12.5 Å². The Labute approximate surface area is 154 Å². The van der Waals surface area contributed by atoms with Gasteiger partial charge in [0, 0.05) is 22.3 Å². The minimum Gasteiger partial charge on any atom is -0.365 e. The quantitative estimate of drug-likeness (QED) is 0.638. The summed E-state index contributed by atoms with van der Waals surface area (Å²) in [6.07, 6.45) is 0.639. The molecule has 0 bridgehead atoms. The number of carbonyl (C=O) groups is 1. The van der Waals surface area contributed by atoms with Gasteiger partial charge < -0.3 is 10.6 Å². The number of rotatable bonds is 3. The molecule has 4 rings (SSSR count). The summed E-state index contributed by atoms with van der Waals surface area (Å²) in [5.41, 5.74) is 2.76. The zero-order chi connectivity index (χ0) is 17.4. The van der Waals surface area contributed by atoms with Gasteiger partial charge in [-0.25, -0.2) is 0 Å². The van der Waals surface area contributed by atoms with Gasteiger partial charge in [-0.1, -0.05) is 23.7 Å². The van der Waals surface area contributed by atoms with Gasteiger partial charge >= 0.3 is 0 Å². The molecule has 1 amide bonds. The number of thiophene rings is 1. The zero-order valence-corrected chi connectivity index (χ0v) is 15.1. The van der Waals surface area contributed by atoms with Crippen molar-refractivity contribution in [1.29, 1.82) is 0 Å². The number of hydrogen-bond donors (Lipinski definition) is 3. The second-order valence-electron chi connectivity index (χ2n) is 6.15. The lowest BCUT2D eigenvalue weighted by atomic mass is 9.88. The Balaban J connectivity index is 1.58. The van der Waals surface area contributed by atoms with Crippen LogP contribution in [-0.2, 0) is 11.2 Å². The van der Waals surface area contributed by atoms with E-state index in [0.29, 0.717) is 17.1 Å². The summed E-state index contributed by atoms with van der Waals surface area (Å²) in [6.45, 7) is 2.00. The number of H-pyrrole nitrogens is 1. The van der Waals surface area contributed by atoms with E-state index in [1.165, 1.54) is 0 Å². The van der Waals surface area contributed by atoms with Gasteiger partial charge in [-0.15, -0.1) is 11.3 Å². The lowest BCUT2D eigenvalue weighted by Gasteiger charge is -2.29. The third-order valence-corrected chi connectivity index (χ3v) is 5.58. The molecule has 2 atom stereocenters. The Morgan fingerprint density at radius 2 is 2.24 bits per heavy atom. The van der Waals surface area contributed by atoms with Crippen molar-refractivity contribution in [3.8, 4) is 10.6 Å². The maximum absolute atomic E-state index is 12.8. The van der Waals surface area contributed by atoms with Crippen molar-refractivity contribution in [3.05, 3.63) is 52.4 Å². The molecule has 0 saturated heterocycles. The number of anilines is 2. The van der Waals surface area contributed by atoms with Crippen LogP contribution in [0.4, 0.5) is 11.5 Å². The highest BCUT2D eigenvalue weighted by Gasteiger charge is 2.34. The molecule has 3 N–H and O–H groups in total. The summed E-state index contributed by atoms with van der Waals surface area (Å²) in [5, 5.41) is 16.4. The van der Waals surface area contributed by atoms with Crippen molar-refractivity contribution in [3.63, 3.8) is 0 Å². The fourth-order valence-electron chi connectivity index (χ4n) is 3.14. The van der Waals surface area contributed by atoms with E-state index in [2.05, 4.69) is 26.9 Å². The number of benzene rings is 1. The van der Waals surface area contributed by atoms with Gasteiger partial charge in [-0.2, -0.15) is 5.10 Å². The minimum absolute atomic E-state index is 0.00818. The smallest absolute Gasteiger partial charge is 0.229 e. The van der Waals surface area contributed by atoms with E-state index in [1.54, 1.807) is 23.5 Å². The molecule has 0 aliphatic carbocycles. The van der Waals surface area contributed by atoms with E-state index >= 15 is 0 Å². The molecule has 0 saturated carbocycles. The summed E-state index contributed by atoms with van der Waals surface area (Å²) >= 11 is 7.65. The van der Waals surface area contributed by atoms with Crippen molar-refractivity contribution >= 4 is 40.4 Å². The summed E-state index contributed by atoms with van der Waals surface area (Å²) in [7, 11) is 0. The average molecular weight is 373 g/mol. The first-order chi connectivity index (χ1) is 12.1. The molecule has 0 spiro atoms. The highest BCUT2D eigenvalue weighted by Crippen LogP contribution is 2.36. The van der Waals surface area contributed by atoms with Crippen LogP contribution >= 0.6 is 22.9 Å². The van der Waals surface area contributed by atoms with Crippen molar-refractivity contribution in [2.75, 3.05) is 10.6 Å². The number of fused-ring (bicyclic) bond motifs is 1. The summed E-state index contributed by atoms with van der Waals surface area (Å²) < 4.78 is 0. The Hall–Kier alpha value is -2.31. The van der Waals surface area contributed by atoms with Gasteiger partial charge in [0.05, 0.1) is 16.5 Å². The first kappa shape index (κ1) is 16.2. The summed E-state index contributed by atoms with van der Waals surface area (Å²) in [4.78, 5) is 13.9. The van der Waals surface area contributed by atoms with E-state index in [1.807, 2.05) is 30.5 Å². The van der Waals surface area contributed by atoms with Crippen molar-refractivity contribution in [1.82, 2.24) is 10.2 Å². The molecule has 2 aromatic heterocycles. The molecule has 1 aliphatic rings. The number of nitrogens with one attached hydrogen (secondary N) is 3. The number of aromatic nitrogens is 2. The zero-order valence-electron chi connectivity index (χ0n) is 13.5. The van der Waals surface area contributed by atoms with E-state index in [4.69, 9.17) is 11.6 Å². The summed E-state index contributed by atoms with van der Waals surface area (Å²) in [6, 6.07) is 11.3. The Morgan fingerprint density at radius 3 is 3.00 bits per heavy atom. The van der Waals surface area contributed by atoms with E-state index in [9.17, 15) is 4.79 Å². The second kappa shape index (κ2) is 6.54. The largest absolute Gasteiger partial charge is 0.365 e. The normalized spacial score (nSPS) is 19.1. The van der Waals surface area contributed by atoms with Crippen molar-refractivity contribution in [2.24, 2.45) is 5.92 Å². The van der Waals surface area contributed by atoms with Crippen LogP contribution in [0.2, 0.25) is 5.02 Å². The summed E-state index contributed by atoms with van der Waals surface area (Å²) in [5.74, 6) is 0.622. The number of carbonyl (C=O) groups excluding carboxylic acids is 1. The predicted molar refractivity (Wildman–Crippen MR) is 102 cm³/mol. The molecule has 2 unspecified atom stereocenters. The van der Waals surface area contributed by atoms with Crippen LogP contribution < -0.4 is 10.6 Å². The Morgan fingerprint density at radius 1 is 1.36 bits per heavy atom. The monoisotopic (exact) mass is 372 g/mol. The molecule has 3 heterocycles. The minimum atomic E-state index is -0.192. The fraction of sp³-hybridized carbons (Fsp3) is 0.222. The van der Waals surface area contributed by atoms with Crippen LogP contribution in [0.3, 0.4) is 0 Å². The van der Waals surface area contributed by atoms with E-state index < -0.39 is 0 Å². The average Bonchev–Trinajstić information content (AvgIpc) is 3.22. The van der Waals surface area contributed by atoms with E-state index in [0.717, 1.165) is 22.0 Å². The number of hydrogen-bond acceptors (Lipinski definition) is 4. The first-order valence-corrected chi connectivity index (χ1v) is 9.31. The topological polar surface area (TPSA) is 69.8 Å². The van der Waals surface area contributed by atoms with Crippen molar-refractivity contribution in [2.45, 2.75) is 19.4 Å². The van der Waals surface area contributed by atoms with E-state index in [-0.39, 0.29) is 17.9 Å². The third kappa shape index (κ3) is 3.15. The van der Waals surface area contributed by atoms with Crippen LogP contribution in [0.25, 0.3) is 10.6 Å². The van der Waals surface area contributed by atoms with Gasteiger partial charge in [0.2, 0.25) is 5.91 Å².